The molecule has 14 heteroatoms. The van der Waals surface area contributed by atoms with Gasteiger partial charge < -0.3 is 20.1 Å². The molecule has 0 aromatic heterocycles. The number of carbonyl (C=O) groups is 1. The second-order valence-electron chi connectivity index (χ2n) is 9.04. The lowest BCUT2D eigenvalue weighted by Crippen LogP contribution is -2.40. The average Bonchev–Trinajstić information content (AvgIpc) is 2.88. The van der Waals surface area contributed by atoms with E-state index in [1.54, 1.807) is 50.3 Å². The first-order valence-electron chi connectivity index (χ1n) is 12.5. The maximum Gasteiger partial charge on any atom is 0.323 e. The normalized spacial score (nSPS) is 13.6. The highest BCUT2D eigenvalue weighted by molar-refractivity contribution is 7.93. The zero-order valence-electron chi connectivity index (χ0n) is 22.8. The van der Waals surface area contributed by atoms with E-state index in [9.17, 15) is 13.2 Å². The summed E-state index contributed by atoms with van der Waals surface area (Å²) in [5, 5.41) is 15.3. The number of anilines is 1. The number of esters is 1. The van der Waals surface area contributed by atoms with Crippen LogP contribution in [-0.2, 0) is 19.6 Å². The zero-order chi connectivity index (χ0) is 28.6. The Kier molecular flexibility index (Phi) is 14.1. The van der Waals surface area contributed by atoms with Gasteiger partial charge in [-0.25, -0.2) is 12.8 Å². The third kappa shape index (κ3) is 10.2. The second kappa shape index (κ2) is 16.2. The molecule has 2 aromatic rings. The maximum absolute atomic E-state index is 15.1. The third-order valence-electron chi connectivity index (χ3n) is 6.13. The third-order valence-corrected chi connectivity index (χ3v) is 7.77. The summed E-state index contributed by atoms with van der Waals surface area (Å²) >= 11 is 0. The van der Waals surface area contributed by atoms with Gasteiger partial charge in [-0.3, -0.25) is 19.9 Å². The van der Waals surface area contributed by atoms with Crippen molar-refractivity contribution in [2.45, 2.75) is 32.8 Å². The summed E-state index contributed by atoms with van der Waals surface area (Å²) in [6.45, 7) is 4.42. The van der Waals surface area contributed by atoms with E-state index in [0.717, 1.165) is 10.4 Å². The van der Waals surface area contributed by atoms with Gasteiger partial charge in [-0.1, -0.05) is 30.4 Å². The summed E-state index contributed by atoms with van der Waals surface area (Å²) in [6, 6.07) is 10.7. The summed E-state index contributed by atoms with van der Waals surface area (Å²) < 4.78 is 53.1. The highest BCUT2D eigenvalue weighted by Crippen LogP contribution is 2.28. The van der Waals surface area contributed by atoms with E-state index in [2.05, 4.69) is 0 Å². The molecule has 10 nitrogen and oxygen atoms in total. The molecule has 0 unspecified atom stereocenters. The molecule has 1 heterocycles. The van der Waals surface area contributed by atoms with E-state index < -0.39 is 27.6 Å². The van der Waals surface area contributed by atoms with E-state index >= 15 is 4.39 Å². The largest absolute Gasteiger partial charge is 0.487 e. The molecule has 41 heavy (non-hydrogen) atoms. The first-order valence-corrected chi connectivity index (χ1v) is 14.1. The van der Waals surface area contributed by atoms with Crippen LogP contribution in [0.1, 0.15) is 37.8 Å². The molecule has 1 fully saturated rings. The summed E-state index contributed by atoms with van der Waals surface area (Å²) in [5.41, 5.74) is 6.77. The Bertz CT molecular complexity index is 1350. The van der Waals surface area contributed by atoms with Crippen LogP contribution in [0.3, 0.4) is 0 Å². The monoisotopic (exact) mass is 631 g/mol. The van der Waals surface area contributed by atoms with Crippen molar-refractivity contribution in [1.82, 2.24) is 4.90 Å². The average molecular weight is 633 g/mol. The summed E-state index contributed by atoms with van der Waals surface area (Å²) in [5.74, 6) is -2.16. The lowest BCUT2D eigenvalue weighted by atomic mass is 10.1. The van der Waals surface area contributed by atoms with Gasteiger partial charge in [0.05, 0.1) is 24.7 Å². The minimum atomic E-state index is -4.22. The predicted octanol–water partition coefficient (Wildman–Crippen LogP) is 4.21. The van der Waals surface area contributed by atoms with Gasteiger partial charge >= 0.3 is 5.97 Å². The number of piperidine rings is 1. The Morgan fingerprint density at radius 1 is 1.17 bits per heavy atom. The number of amidine groups is 2. The van der Waals surface area contributed by atoms with E-state index in [1.165, 1.54) is 12.1 Å². The second-order valence-corrected chi connectivity index (χ2v) is 10.9. The minimum absolute atomic E-state index is 0. The van der Waals surface area contributed by atoms with E-state index in [-0.39, 0.29) is 61.3 Å². The quantitative estimate of drug-likeness (QED) is 0.191. The molecule has 1 saturated heterocycles. The SMILES string of the molecule is CCOC(=O)CS(=O)(=O)N(C/C=C/c1cccc(C(=N)N)c1)c1ccc(OC2CCN(C(C)=N)CC2)c(F)c1.Cl.Cl. The summed E-state index contributed by atoms with van der Waals surface area (Å²) in [6.07, 6.45) is 4.25. The van der Waals surface area contributed by atoms with Crippen LogP contribution in [0.15, 0.2) is 48.5 Å². The highest BCUT2D eigenvalue weighted by Gasteiger charge is 2.27. The minimum Gasteiger partial charge on any atom is -0.487 e. The van der Waals surface area contributed by atoms with E-state index in [4.69, 9.17) is 26.0 Å². The van der Waals surface area contributed by atoms with E-state index in [1.807, 2.05) is 4.90 Å². The van der Waals surface area contributed by atoms with Crippen molar-refractivity contribution < 1.29 is 27.1 Å². The van der Waals surface area contributed by atoms with Crippen molar-refractivity contribution in [2.24, 2.45) is 5.73 Å². The van der Waals surface area contributed by atoms with Gasteiger partial charge in [-0.15, -0.1) is 24.8 Å². The fraction of sp³-hybridized carbons (Fsp3) is 0.370. The number of hydrogen-bond acceptors (Lipinski definition) is 7. The number of benzene rings is 2. The molecule has 0 spiro atoms. The van der Waals surface area contributed by atoms with Gasteiger partial charge in [0.2, 0.25) is 10.0 Å². The lowest BCUT2D eigenvalue weighted by molar-refractivity contribution is -0.139. The van der Waals surface area contributed by atoms with Gasteiger partial charge in [0, 0.05) is 37.6 Å². The van der Waals surface area contributed by atoms with Gasteiger partial charge in [-0.05, 0) is 37.6 Å². The molecule has 2 aromatic carbocycles. The van der Waals surface area contributed by atoms with Crippen LogP contribution in [0.5, 0.6) is 5.75 Å². The van der Waals surface area contributed by atoms with Crippen LogP contribution in [0.4, 0.5) is 10.1 Å². The number of sulfonamides is 1. The molecule has 0 radical (unpaired) electrons. The number of rotatable bonds is 11. The standard InChI is InChI=1S/C27H34FN5O5S.2ClH/c1-3-37-26(34)18-39(35,36)33(13-5-7-20-6-4-8-21(16-20)27(30)31)22-9-10-25(24(28)17-22)38-23-11-14-32(15-12-23)19(2)29;;/h4-10,16-17,23,29H,3,11-15,18H2,1-2H3,(H3,30,31);2*1H/b7-5+,29-19?;;. The molecule has 0 saturated carbocycles. The van der Waals surface area contributed by atoms with Crippen LogP contribution in [0.25, 0.3) is 6.08 Å². The molecule has 1 aliphatic rings. The summed E-state index contributed by atoms with van der Waals surface area (Å²) in [4.78, 5) is 13.9. The zero-order valence-corrected chi connectivity index (χ0v) is 25.3. The first kappa shape index (κ1) is 35.7. The number of nitrogens with zero attached hydrogens (tertiary/aromatic N) is 2. The number of halogens is 3. The van der Waals surface area contributed by atoms with Crippen LogP contribution < -0.4 is 14.8 Å². The molecular formula is C27H36Cl2FN5O5S. The van der Waals surface area contributed by atoms with Crippen LogP contribution >= 0.6 is 24.8 Å². The molecular weight excluding hydrogens is 596 g/mol. The van der Waals surface area contributed by atoms with Gasteiger partial charge in [0.25, 0.3) is 0 Å². The smallest absolute Gasteiger partial charge is 0.323 e. The Morgan fingerprint density at radius 3 is 2.44 bits per heavy atom. The predicted molar refractivity (Wildman–Crippen MR) is 164 cm³/mol. The van der Waals surface area contributed by atoms with Gasteiger partial charge in [-0.2, -0.15) is 0 Å². The van der Waals surface area contributed by atoms with Crippen LogP contribution in [0.2, 0.25) is 0 Å². The highest BCUT2D eigenvalue weighted by atomic mass is 35.5. The molecule has 4 N–H and O–H groups in total. The Hall–Kier alpha value is -3.35. The van der Waals surface area contributed by atoms with Crippen molar-refractivity contribution in [3.8, 4) is 5.75 Å². The number of likely N-dealkylation sites (tertiary alicyclic amines) is 1. The van der Waals surface area contributed by atoms with Gasteiger partial charge in [0.15, 0.2) is 17.3 Å². The Labute approximate surface area is 252 Å². The molecule has 0 bridgehead atoms. The number of nitrogen functional groups attached to an aromatic ring is 1. The fourth-order valence-electron chi connectivity index (χ4n) is 4.13. The van der Waals surface area contributed by atoms with Crippen LogP contribution in [-0.4, -0.2) is 69.1 Å². The fourth-order valence-corrected chi connectivity index (χ4v) is 5.42. The molecule has 0 aliphatic carbocycles. The van der Waals surface area contributed by atoms with Crippen molar-refractivity contribution in [3.63, 3.8) is 0 Å². The Morgan fingerprint density at radius 2 is 1.85 bits per heavy atom. The lowest BCUT2D eigenvalue weighted by Gasteiger charge is -2.33. The number of carbonyl (C=O) groups excluding carboxylic acids is 1. The number of hydrogen-bond donors (Lipinski definition) is 3. The molecule has 226 valence electrons. The van der Waals surface area contributed by atoms with Crippen molar-refractivity contribution in [1.29, 1.82) is 10.8 Å². The molecule has 3 rings (SSSR count). The number of nitrogens with one attached hydrogen (secondary N) is 2. The maximum atomic E-state index is 15.1. The number of ether oxygens (including phenoxy) is 2. The van der Waals surface area contributed by atoms with Crippen molar-refractivity contribution >= 4 is 64.2 Å². The molecule has 1 aliphatic heterocycles. The Balaban J connectivity index is 0.00000420. The van der Waals surface area contributed by atoms with Crippen molar-refractivity contribution in [3.05, 3.63) is 65.5 Å². The van der Waals surface area contributed by atoms with E-state index in [0.29, 0.717) is 42.9 Å². The topological polar surface area (TPSA) is 150 Å². The molecule has 0 atom stereocenters. The number of nitrogens with two attached hydrogens (primary N) is 1. The first-order chi connectivity index (χ1) is 18.5. The summed E-state index contributed by atoms with van der Waals surface area (Å²) in [7, 11) is -4.22. The van der Waals surface area contributed by atoms with Crippen LogP contribution in [0, 0.1) is 16.6 Å². The van der Waals surface area contributed by atoms with Gasteiger partial charge in [0.1, 0.15) is 11.9 Å². The van der Waals surface area contributed by atoms with Crippen molar-refractivity contribution in [2.75, 3.05) is 36.3 Å². The molecule has 0 amide bonds.